The summed E-state index contributed by atoms with van der Waals surface area (Å²) in [5.74, 6) is -0.538. The molecule has 0 radical (unpaired) electrons. The monoisotopic (exact) mass is 351 g/mol. The van der Waals surface area contributed by atoms with Crippen molar-refractivity contribution in [3.63, 3.8) is 0 Å². The molecule has 7 nitrogen and oxygen atoms in total. The van der Waals surface area contributed by atoms with Crippen molar-refractivity contribution < 1.29 is 19.2 Å². The highest BCUT2D eigenvalue weighted by Crippen LogP contribution is 2.19. The number of carbonyl (C=O) groups excluding carboxylic acids is 1. The number of carboxylic acid groups (broad SMARTS) is 1. The van der Waals surface area contributed by atoms with Crippen LogP contribution >= 0.6 is 11.6 Å². The summed E-state index contributed by atoms with van der Waals surface area (Å²) in [6.45, 7) is 2.87. The number of carbonyl (C=O) groups is 2. The number of carboxylic acids is 1. The highest BCUT2D eigenvalue weighted by Gasteiger charge is 2.28. The Morgan fingerprint density at radius 3 is 2.58 bits per heavy atom. The standard InChI is InChI=1S/C16H18ClN3O4/c1-16(2,15(22)23)19-12(21)4-3-5-13-18-14(20-24-13)10-6-8-11(17)9-7-10/h6-9H,3-5H2,1-2H3,(H,19,21)(H,22,23). The van der Waals surface area contributed by atoms with Crippen molar-refractivity contribution in [1.82, 2.24) is 15.5 Å². The van der Waals surface area contributed by atoms with Crippen LogP contribution < -0.4 is 5.32 Å². The Hall–Kier alpha value is -2.41. The Morgan fingerprint density at radius 2 is 1.96 bits per heavy atom. The molecule has 0 saturated heterocycles. The predicted molar refractivity (Wildman–Crippen MR) is 87.5 cm³/mol. The minimum Gasteiger partial charge on any atom is -0.480 e. The third-order valence-corrected chi connectivity index (χ3v) is 3.60. The van der Waals surface area contributed by atoms with Crippen LogP contribution in [0.15, 0.2) is 28.8 Å². The van der Waals surface area contributed by atoms with Gasteiger partial charge in [0.2, 0.25) is 17.6 Å². The van der Waals surface area contributed by atoms with Crippen molar-refractivity contribution in [2.24, 2.45) is 0 Å². The van der Waals surface area contributed by atoms with Gasteiger partial charge in [-0.15, -0.1) is 0 Å². The summed E-state index contributed by atoms with van der Waals surface area (Å²) in [5, 5.41) is 15.9. The Labute approximate surface area is 144 Å². The average molecular weight is 352 g/mol. The number of halogens is 1. The average Bonchev–Trinajstić information content (AvgIpc) is 2.96. The minimum atomic E-state index is -1.29. The molecule has 8 heteroatoms. The van der Waals surface area contributed by atoms with E-state index in [1.54, 1.807) is 24.3 Å². The summed E-state index contributed by atoms with van der Waals surface area (Å²) in [5.41, 5.74) is -0.501. The Kier molecular flexibility index (Phi) is 5.56. The molecule has 0 saturated carbocycles. The number of nitrogens with one attached hydrogen (secondary N) is 1. The quantitative estimate of drug-likeness (QED) is 0.794. The number of benzene rings is 1. The number of aryl methyl sites for hydroxylation is 1. The molecule has 0 unspecified atom stereocenters. The molecule has 0 aliphatic heterocycles. The van der Waals surface area contributed by atoms with Crippen LogP contribution in [0.25, 0.3) is 11.4 Å². The normalized spacial score (nSPS) is 11.3. The molecule has 0 atom stereocenters. The number of aromatic nitrogens is 2. The van der Waals surface area contributed by atoms with Crippen LogP contribution in [0.3, 0.4) is 0 Å². The maximum atomic E-state index is 11.8. The first kappa shape index (κ1) is 17.9. The molecular weight excluding hydrogens is 334 g/mol. The Bertz CT molecular complexity index is 725. The van der Waals surface area contributed by atoms with Gasteiger partial charge in [-0.1, -0.05) is 16.8 Å². The third-order valence-electron chi connectivity index (χ3n) is 3.35. The van der Waals surface area contributed by atoms with Gasteiger partial charge in [0, 0.05) is 23.4 Å². The summed E-state index contributed by atoms with van der Waals surface area (Å²) < 4.78 is 5.15. The van der Waals surface area contributed by atoms with Crippen molar-refractivity contribution in [3.8, 4) is 11.4 Å². The van der Waals surface area contributed by atoms with Gasteiger partial charge < -0.3 is 14.9 Å². The van der Waals surface area contributed by atoms with Crippen LogP contribution in [0.1, 0.15) is 32.6 Å². The first-order valence-corrected chi connectivity index (χ1v) is 7.78. The van der Waals surface area contributed by atoms with Gasteiger partial charge in [0.15, 0.2) is 0 Å². The van der Waals surface area contributed by atoms with E-state index in [0.717, 1.165) is 5.56 Å². The van der Waals surface area contributed by atoms with E-state index in [9.17, 15) is 9.59 Å². The van der Waals surface area contributed by atoms with Crippen molar-refractivity contribution in [3.05, 3.63) is 35.2 Å². The van der Waals surface area contributed by atoms with Gasteiger partial charge in [-0.05, 0) is 44.5 Å². The first-order chi connectivity index (χ1) is 11.3. The van der Waals surface area contributed by atoms with E-state index >= 15 is 0 Å². The molecule has 0 aliphatic rings. The Morgan fingerprint density at radius 1 is 1.29 bits per heavy atom. The number of rotatable bonds is 7. The lowest BCUT2D eigenvalue weighted by molar-refractivity contribution is -0.146. The SMILES string of the molecule is CC(C)(NC(=O)CCCc1nc(-c2ccc(Cl)cc2)no1)C(=O)O. The number of hydrogen-bond acceptors (Lipinski definition) is 5. The lowest BCUT2D eigenvalue weighted by Gasteiger charge is -2.20. The van der Waals surface area contributed by atoms with Gasteiger partial charge in [-0.25, -0.2) is 4.79 Å². The molecule has 2 rings (SSSR count). The lowest BCUT2D eigenvalue weighted by Crippen LogP contribution is -2.49. The zero-order valence-electron chi connectivity index (χ0n) is 13.4. The molecule has 0 bridgehead atoms. The van der Waals surface area contributed by atoms with E-state index in [0.29, 0.717) is 29.6 Å². The van der Waals surface area contributed by atoms with Crippen molar-refractivity contribution >= 4 is 23.5 Å². The summed E-state index contributed by atoms with van der Waals surface area (Å²) in [6.07, 6.45) is 1.08. The van der Waals surface area contributed by atoms with Crippen molar-refractivity contribution in [1.29, 1.82) is 0 Å². The fourth-order valence-electron chi connectivity index (χ4n) is 1.94. The van der Waals surface area contributed by atoms with Gasteiger partial charge in [0.05, 0.1) is 0 Å². The van der Waals surface area contributed by atoms with Gasteiger partial charge in [-0.2, -0.15) is 4.98 Å². The van der Waals surface area contributed by atoms with Gasteiger partial charge >= 0.3 is 5.97 Å². The second kappa shape index (κ2) is 7.44. The van der Waals surface area contributed by atoms with Crippen LogP contribution in [0.5, 0.6) is 0 Å². The maximum absolute atomic E-state index is 11.8. The van der Waals surface area contributed by atoms with E-state index in [4.69, 9.17) is 21.2 Å². The molecule has 128 valence electrons. The second-order valence-corrected chi connectivity index (χ2v) is 6.29. The zero-order chi connectivity index (χ0) is 17.7. The van der Waals surface area contributed by atoms with Crippen molar-refractivity contribution in [2.75, 3.05) is 0 Å². The van der Waals surface area contributed by atoms with Crippen LogP contribution in [0.2, 0.25) is 5.02 Å². The van der Waals surface area contributed by atoms with Crippen LogP contribution in [0.4, 0.5) is 0 Å². The molecule has 1 amide bonds. The van der Waals surface area contributed by atoms with E-state index in [1.165, 1.54) is 13.8 Å². The molecule has 24 heavy (non-hydrogen) atoms. The molecule has 2 N–H and O–H groups in total. The van der Waals surface area contributed by atoms with Gasteiger partial charge in [0.1, 0.15) is 5.54 Å². The first-order valence-electron chi connectivity index (χ1n) is 7.41. The molecule has 1 heterocycles. The molecule has 2 aromatic rings. The van der Waals surface area contributed by atoms with E-state index in [1.807, 2.05) is 0 Å². The van der Waals surface area contributed by atoms with E-state index in [2.05, 4.69) is 15.5 Å². The summed E-state index contributed by atoms with van der Waals surface area (Å²) in [6, 6.07) is 7.06. The lowest BCUT2D eigenvalue weighted by atomic mass is 10.1. The zero-order valence-corrected chi connectivity index (χ0v) is 14.1. The van der Waals surface area contributed by atoms with Gasteiger partial charge in [-0.3, -0.25) is 4.79 Å². The highest BCUT2D eigenvalue weighted by molar-refractivity contribution is 6.30. The number of amides is 1. The summed E-state index contributed by atoms with van der Waals surface area (Å²) >= 11 is 5.83. The van der Waals surface area contributed by atoms with Crippen LogP contribution in [-0.4, -0.2) is 32.7 Å². The molecule has 0 fully saturated rings. The molecule has 0 aliphatic carbocycles. The topological polar surface area (TPSA) is 105 Å². The van der Waals surface area contributed by atoms with Crippen molar-refractivity contribution in [2.45, 2.75) is 38.6 Å². The van der Waals surface area contributed by atoms with Crippen LogP contribution in [-0.2, 0) is 16.0 Å². The highest BCUT2D eigenvalue weighted by atomic mass is 35.5. The van der Waals surface area contributed by atoms with E-state index < -0.39 is 11.5 Å². The second-order valence-electron chi connectivity index (χ2n) is 5.85. The molecule has 1 aromatic carbocycles. The molecular formula is C16H18ClN3O4. The maximum Gasteiger partial charge on any atom is 0.328 e. The number of aliphatic carboxylic acids is 1. The molecule has 0 spiro atoms. The van der Waals surface area contributed by atoms with Crippen LogP contribution in [0, 0.1) is 0 Å². The number of hydrogen-bond donors (Lipinski definition) is 2. The van der Waals surface area contributed by atoms with Gasteiger partial charge in [0.25, 0.3) is 0 Å². The smallest absolute Gasteiger partial charge is 0.328 e. The third kappa shape index (κ3) is 4.79. The fourth-order valence-corrected chi connectivity index (χ4v) is 2.06. The summed E-state index contributed by atoms with van der Waals surface area (Å²) in [4.78, 5) is 27.0. The fraction of sp³-hybridized carbons (Fsp3) is 0.375. The largest absolute Gasteiger partial charge is 0.480 e. The number of nitrogens with zero attached hydrogens (tertiary/aromatic N) is 2. The predicted octanol–water partition coefficient (Wildman–Crippen LogP) is 2.69. The minimum absolute atomic E-state index is 0.176. The summed E-state index contributed by atoms with van der Waals surface area (Å²) in [7, 11) is 0. The Balaban J connectivity index is 1.84. The van der Waals surface area contributed by atoms with E-state index in [-0.39, 0.29) is 12.3 Å². The molecule has 1 aromatic heterocycles.